The molecule has 34 heavy (non-hydrogen) atoms. The van der Waals surface area contributed by atoms with Crippen molar-refractivity contribution in [2.45, 2.75) is 64.8 Å². The first-order valence-corrected chi connectivity index (χ1v) is 13.4. The summed E-state index contributed by atoms with van der Waals surface area (Å²) in [4.78, 5) is 17.4. The van der Waals surface area contributed by atoms with Crippen molar-refractivity contribution >= 4 is 5.91 Å². The average Bonchev–Trinajstić information content (AvgIpc) is 2.90. The summed E-state index contributed by atoms with van der Waals surface area (Å²) in [6, 6.07) is 19.6. The monoisotopic (exact) mass is 462 g/mol. The van der Waals surface area contributed by atoms with Crippen LogP contribution < -0.4 is 4.74 Å². The van der Waals surface area contributed by atoms with Crippen LogP contribution in [0.15, 0.2) is 54.6 Å². The number of carbonyl (C=O) groups is 1. The van der Waals surface area contributed by atoms with Crippen molar-refractivity contribution in [1.82, 2.24) is 9.80 Å². The summed E-state index contributed by atoms with van der Waals surface area (Å²) in [7, 11) is 0. The first-order chi connectivity index (χ1) is 16.7. The zero-order valence-electron chi connectivity index (χ0n) is 21.1. The minimum atomic E-state index is 0.177. The van der Waals surface area contributed by atoms with Crippen LogP contribution in [0.5, 0.6) is 5.75 Å². The molecule has 4 heteroatoms. The van der Waals surface area contributed by atoms with Crippen LogP contribution in [0.25, 0.3) is 0 Å². The van der Waals surface area contributed by atoms with Crippen LogP contribution >= 0.6 is 0 Å². The molecule has 0 radical (unpaired) electrons. The lowest BCUT2D eigenvalue weighted by Crippen LogP contribution is -2.44. The van der Waals surface area contributed by atoms with E-state index in [1.54, 1.807) is 0 Å². The second-order valence-corrected chi connectivity index (χ2v) is 10.2. The third-order valence-corrected chi connectivity index (χ3v) is 7.84. The first kappa shape index (κ1) is 24.8. The van der Waals surface area contributed by atoms with Crippen molar-refractivity contribution in [2.75, 3.05) is 32.8 Å². The van der Waals surface area contributed by atoms with E-state index in [0.29, 0.717) is 24.3 Å². The Kier molecular flexibility index (Phi) is 9.04. The number of hydrogen-bond donors (Lipinski definition) is 0. The summed E-state index contributed by atoms with van der Waals surface area (Å²) in [5, 5.41) is 0. The molecule has 2 aromatic rings. The van der Waals surface area contributed by atoms with Gasteiger partial charge >= 0.3 is 0 Å². The number of piperidine rings is 2. The van der Waals surface area contributed by atoms with E-state index in [9.17, 15) is 4.79 Å². The largest absolute Gasteiger partial charge is 0.493 e. The molecule has 1 amide bonds. The number of benzene rings is 2. The molecule has 4 nitrogen and oxygen atoms in total. The van der Waals surface area contributed by atoms with E-state index in [4.69, 9.17) is 4.74 Å². The molecule has 2 aliphatic rings. The van der Waals surface area contributed by atoms with Gasteiger partial charge in [-0.1, -0.05) is 56.3 Å². The predicted octanol–water partition coefficient (Wildman–Crippen LogP) is 6.12. The van der Waals surface area contributed by atoms with Crippen molar-refractivity contribution in [3.8, 4) is 5.75 Å². The minimum Gasteiger partial charge on any atom is -0.493 e. The highest BCUT2D eigenvalue weighted by molar-refractivity contribution is 5.78. The van der Waals surface area contributed by atoms with Crippen LogP contribution in [-0.2, 0) is 11.3 Å². The van der Waals surface area contributed by atoms with Crippen LogP contribution in [0, 0.1) is 11.8 Å². The smallest absolute Gasteiger partial charge is 0.225 e. The van der Waals surface area contributed by atoms with Gasteiger partial charge < -0.3 is 9.64 Å². The van der Waals surface area contributed by atoms with Crippen LogP contribution in [0.2, 0.25) is 0 Å². The summed E-state index contributed by atoms with van der Waals surface area (Å²) in [5.74, 6) is 2.59. The molecule has 184 valence electrons. The highest BCUT2D eigenvalue weighted by Crippen LogP contribution is 2.29. The number of likely N-dealkylation sites (tertiary alicyclic amines) is 2. The first-order valence-electron chi connectivity index (χ1n) is 13.4. The lowest BCUT2D eigenvalue weighted by Gasteiger charge is -2.34. The molecule has 2 aliphatic heterocycles. The second kappa shape index (κ2) is 12.4. The average molecular weight is 463 g/mol. The van der Waals surface area contributed by atoms with E-state index in [-0.39, 0.29) is 5.92 Å². The molecule has 0 aliphatic carbocycles. The number of nitrogens with zero attached hydrogens (tertiary/aromatic N) is 2. The molecular formula is C30H42N2O2. The van der Waals surface area contributed by atoms with E-state index in [1.807, 2.05) is 0 Å². The molecule has 0 unspecified atom stereocenters. The fourth-order valence-corrected chi connectivity index (χ4v) is 5.61. The minimum absolute atomic E-state index is 0.177. The van der Waals surface area contributed by atoms with E-state index in [1.165, 1.54) is 24.0 Å². The summed E-state index contributed by atoms with van der Waals surface area (Å²) in [6.45, 7) is 10.0. The SMILES string of the molecule is CCC(CC)C(=O)N1CCC[C@@H](COc2ccc(CN3CCC(c4ccccc4)CC3)cc2)C1. The Morgan fingerprint density at radius 3 is 2.32 bits per heavy atom. The van der Waals surface area contributed by atoms with Gasteiger partial charge in [0.1, 0.15) is 5.75 Å². The number of amides is 1. The van der Waals surface area contributed by atoms with Gasteiger partial charge in [-0.3, -0.25) is 9.69 Å². The van der Waals surface area contributed by atoms with Gasteiger partial charge in [0, 0.05) is 31.5 Å². The van der Waals surface area contributed by atoms with Gasteiger partial charge in [-0.25, -0.2) is 0 Å². The molecular weight excluding hydrogens is 420 g/mol. The summed E-state index contributed by atoms with van der Waals surface area (Å²) >= 11 is 0. The molecule has 2 heterocycles. The third-order valence-electron chi connectivity index (χ3n) is 7.84. The second-order valence-electron chi connectivity index (χ2n) is 10.2. The Morgan fingerprint density at radius 2 is 1.65 bits per heavy atom. The van der Waals surface area contributed by atoms with Gasteiger partial charge in [-0.15, -0.1) is 0 Å². The van der Waals surface area contributed by atoms with Gasteiger partial charge in [0.15, 0.2) is 0 Å². The highest BCUT2D eigenvalue weighted by Gasteiger charge is 2.27. The lowest BCUT2D eigenvalue weighted by molar-refractivity contribution is -0.137. The fraction of sp³-hybridized carbons (Fsp3) is 0.567. The van der Waals surface area contributed by atoms with Gasteiger partial charge in [0.25, 0.3) is 0 Å². The Bertz CT molecular complexity index is 870. The normalized spacial score (nSPS) is 20.0. The Balaban J connectivity index is 1.20. The van der Waals surface area contributed by atoms with Crippen LogP contribution in [-0.4, -0.2) is 48.5 Å². The van der Waals surface area contributed by atoms with Crippen LogP contribution in [0.3, 0.4) is 0 Å². The number of carbonyl (C=O) groups excluding carboxylic acids is 1. The van der Waals surface area contributed by atoms with Crippen LogP contribution in [0.4, 0.5) is 0 Å². The van der Waals surface area contributed by atoms with E-state index >= 15 is 0 Å². The molecule has 2 aromatic carbocycles. The summed E-state index contributed by atoms with van der Waals surface area (Å²) < 4.78 is 6.14. The van der Waals surface area contributed by atoms with Crippen molar-refractivity contribution in [1.29, 1.82) is 0 Å². The maximum Gasteiger partial charge on any atom is 0.225 e. The van der Waals surface area contributed by atoms with Gasteiger partial charge in [0.2, 0.25) is 5.91 Å². The maximum atomic E-state index is 12.8. The molecule has 2 saturated heterocycles. The predicted molar refractivity (Wildman–Crippen MR) is 139 cm³/mol. The van der Waals surface area contributed by atoms with E-state index < -0.39 is 0 Å². The molecule has 0 N–H and O–H groups in total. The molecule has 0 saturated carbocycles. The molecule has 0 bridgehead atoms. The summed E-state index contributed by atoms with van der Waals surface area (Å²) in [6.07, 6.45) is 6.57. The van der Waals surface area contributed by atoms with Crippen molar-refractivity contribution < 1.29 is 9.53 Å². The Morgan fingerprint density at radius 1 is 0.941 bits per heavy atom. The number of ether oxygens (including phenoxy) is 1. The van der Waals surface area contributed by atoms with Gasteiger partial charge in [-0.2, -0.15) is 0 Å². The van der Waals surface area contributed by atoms with Gasteiger partial charge in [0.05, 0.1) is 6.61 Å². The molecule has 1 atom stereocenters. The highest BCUT2D eigenvalue weighted by atomic mass is 16.5. The Hall–Kier alpha value is -2.33. The molecule has 2 fully saturated rings. The maximum absolute atomic E-state index is 12.8. The standard InChI is InChI=1S/C30H42N2O2/c1-3-26(4-2)30(33)32-18-8-9-25(22-32)23-34-29-14-12-24(13-15-29)21-31-19-16-28(17-20-31)27-10-6-5-7-11-27/h5-7,10-15,25-26,28H,3-4,8-9,16-23H2,1-2H3/t25-/m1/s1. The van der Waals surface area contributed by atoms with E-state index in [2.05, 4.69) is 78.2 Å². The van der Waals surface area contributed by atoms with Gasteiger partial charge in [-0.05, 0) is 80.8 Å². The van der Waals surface area contributed by atoms with Crippen molar-refractivity contribution in [2.24, 2.45) is 11.8 Å². The third kappa shape index (κ3) is 6.63. The molecule has 0 spiro atoms. The van der Waals surface area contributed by atoms with Crippen LogP contribution in [0.1, 0.15) is 69.4 Å². The molecule has 4 rings (SSSR count). The zero-order chi connectivity index (χ0) is 23.8. The quantitative estimate of drug-likeness (QED) is 0.450. The number of hydrogen-bond acceptors (Lipinski definition) is 3. The fourth-order valence-electron chi connectivity index (χ4n) is 5.61. The zero-order valence-corrected chi connectivity index (χ0v) is 21.1. The van der Waals surface area contributed by atoms with Crippen molar-refractivity contribution in [3.63, 3.8) is 0 Å². The number of rotatable bonds is 9. The summed E-state index contributed by atoms with van der Waals surface area (Å²) in [5.41, 5.74) is 2.84. The molecule has 0 aromatic heterocycles. The van der Waals surface area contributed by atoms with E-state index in [0.717, 1.165) is 64.2 Å². The lowest BCUT2D eigenvalue weighted by atomic mass is 9.89. The topological polar surface area (TPSA) is 32.8 Å². The van der Waals surface area contributed by atoms with Crippen molar-refractivity contribution in [3.05, 3.63) is 65.7 Å². The Labute approximate surface area is 206 Å².